The summed E-state index contributed by atoms with van der Waals surface area (Å²) in [6.07, 6.45) is 0.429. The molecule has 4 nitrogen and oxygen atoms in total. The van der Waals surface area contributed by atoms with E-state index >= 15 is 0 Å². The van der Waals surface area contributed by atoms with Gasteiger partial charge in [-0.1, -0.05) is 17.7 Å². The molecule has 4 heteroatoms. The monoisotopic (exact) mass is 248 g/mol. The molecule has 1 heterocycles. The van der Waals surface area contributed by atoms with Gasteiger partial charge in [-0.25, -0.2) is 0 Å². The van der Waals surface area contributed by atoms with Crippen LogP contribution in [0.4, 0.5) is 5.69 Å². The third kappa shape index (κ3) is 3.23. The second-order valence-corrected chi connectivity index (χ2v) is 4.71. The molecular formula is C14H20N2O2. The first kappa shape index (κ1) is 12.9. The Balaban J connectivity index is 1.98. The lowest BCUT2D eigenvalue weighted by atomic mass is 10.1. The van der Waals surface area contributed by atoms with Crippen molar-refractivity contribution < 1.29 is 9.53 Å². The van der Waals surface area contributed by atoms with Crippen molar-refractivity contribution in [1.29, 1.82) is 0 Å². The van der Waals surface area contributed by atoms with E-state index in [-0.39, 0.29) is 12.0 Å². The van der Waals surface area contributed by atoms with Crippen molar-refractivity contribution in [2.75, 3.05) is 31.6 Å². The zero-order valence-electron chi connectivity index (χ0n) is 11.0. The van der Waals surface area contributed by atoms with E-state index in [4.69, 9.17) is 4.74 Å². The average molecular weight is 248 g/mol. The molecule has 2 rings (SSSR count). The SMILES string of the molecule is COC(=O)CC1CN(c2ccc(C)cc2)CCN1. The van der Waals surface area contributed by atoms with Crippen LogP contribution < -0.4 is 10.2 Å². The Bertz CT molecular complexity index is 403. The molecule has 0 spiro atoms. The topological polar surface area (TPSA) is 41.6 Å². The molecule has 1 aliphatic heterocycles. The molecule has 0 bridgehead atoms. The smallest absolute Gasteiger partial charge is 0.307 e. The maximum atomic E-state index is 11.3. The van der Waals surface area contributed by atoms with Crippen molar-refractivity contribution in [1.82, 2.24) is 5.32 Å². The van der Waals surface area contributed by atoms with E-state index in [2.05, 4.69) is 41.4 Å². The number of piperazine rings is 1. The predicted octanol–water partition coefficient (Wildman–Crippen LogP) is 1.34. The van der Waals surface area contributed by atoms with Gasteiger partial charge in [-0.2, -0.15) is 0 Å². The van der Waals surface area contributed by atoms with Crippen molar-refractivity contribution in [3.8, 4) is 0 Å². The van der Waals surface area contributed by atoms with Gasteiger partial charge >= 0.3 is 5.97 Å². The molecule has 1 atom stereocenters. The quantitative estimate of drug-likeness (QED) is 0.820. The van der Waals surface area contributed by atoms with E-state index in [9.17, 15) is 4.79 Å². The number of carbonyl (C=O) groups is 1. The molecule has 1 unspecified atom stereocenters. The Morgan fingerprint density at radius 1 is 1.44 bits per heavy atom. The number of hydrogen-bond donors (Lipinski definition) is 1. The van der Waals surface area contributed by atoms with Crippen LogP contribution in [0.1, 0.15) is 12.0 Å². The molecular weight excluding hydrogens is 228 g/mol. The van der Waals surface area contributed by atoms with E-state index in [1.165, 1.54) is 18.4 Å². The van der Waals surface area contributed by atoms with Crippen LogP contribution >= 0.6 is 0 Å². The molecule has 0 radical (unpaired) electrons. The largest absolute Gasteiger partial charge is 0.469 e. The summed E-state index contributed by atoms with van der Waals surface area (Å²) < 4.78 is 4.71. The number of methoxy groups -OCH3 is 1. The zero-order valence-corrected chi connectivity index (χ0v) is 11.0. The van der Waals surface area contributed by atoms with Gasteiger partial charge in [-0.3, -0.25) is 4.79 Å². The van der Waals surface area contributed by atoms with Gasteiger partial charge in [0.05, 0.1) is 13.5 Å². The number of rotatable bonds is 3. The summed E-state index contributed by atoms with van der Waals surface area (Å²) in [5.41, 5.74) is 2.48. The van der Waals surface area contributed by atoms with Gasteiger partial charge in [0.1, 0.15) is 0 Å². The van der Waals surface area contributed by atoms with Gasteiger partial charge in [0, 0.05) is 31.4 Å². The summed E-state index contributed by atoms with van der Waals surface area (Å²) in [6, 6.07) is 8.68. The highest BCUT2D eigenvalue weighted by Gasteiger charge is 2.21. The third-order valence-electron chi connectivity index (χ3n) is 3.30. The molecule has 1 N–H and O–H groups in total. The first-order valence-electron chi connectivity index (χ1n) is 6.31. The van der Waals surface area contributed by atoms with Gasteiger partial charge in [0.2, 0.25) is 0 Å². The minimum Gasteiger partial charge on any atom is -0.469 e. The fourth-order valence-corrected chi connectivity index (χ4v) is 2.24. The first-order chi connectivity index (χ1) is 8.69. The van der Waals surface area contributed by atoms with Gasteiger partial charge < -0.3 is 15.0 Å². The number of nitrogens with zero attached hydrogens (tertiary/aromatic N) is 1. The summed E-state index contributed by atoms with van der Waals surface area (Å²) in [5.74, 6) is -0.154. The minimum absolute atomic E-state index is 0.154. The van der Waals surface area contributed by atoms with E-state index in [1.54, 1.807) is 0 Å². The van der Waals surface area contributed by atoms with Gasteiger partial charge in [0.25, 0.3) is 0 Å². The molecule has 1 saturated heterocycles. The molecule has 1 aromatic carbocycles. The van der Waals surface area contributed by atoms with Crippen molar-refractivity contribution in [2.24, 2.45) is 0 Å². The molecule has 0 aromatic heterocycles. The molecule has 0 aliphatic carbocycles. The van der Waals surface area contributed by atoms with Crippen molar-refractivity contribution in [3.63, 3.8) is 0 Å². The number of nitrogens with one attached hydrogen (secondary N) is 1. The minimum atomic E-state index is -0.154. The Hall–Kier alpha value is -1.55. The molecule has 1 aliphatic rings. The Morgan fingerprint density at radius 2 is 2.17 bits per heavy atom. The van der Waals surface area contributed by atoms with E-state index in [1.807, 2.05) is 0 Å². The zero-order chi connectivity index (χ0) is 13.0. The van der Waals surface area contributed by atoms with Crippen LogP contribution in [0.5, 0.6) is 0 Å². The van der Waals surface area contributed by atoms with Crippen molar-refractivity contribution >= 4 is 11.7 Å². The number of esters is 1. The second kappa shape index (κ2) is 5.87. The standard InChI is InChI=1S/C14H20N2O2/c1-11-3-5-13(6-4-11)16-8-7-15-12(10-16)9-14(17)18-2/h3-6,12,15H,7-10H2,1-2H3. The fraction of sp³-hybridized carbons (Fsp3) is 0.500. The Morgan fingerprint density at radius 3 is 2.83 bits per heavy atom. The number of anilines is 1. The summed E-state index contributed by atoms with van der Waals surface area (Å²) in [7, 11) is 1.43. The van der Waals surface area contributed by atoms with Gasteiger partial charge in [0.15, 0.2) is 0 Å². The maximum Gasteiger partial charge on any atom is 0.307 e. The maximum absolute atomic E-state index is 11.3. The summed E-state index contributed by atoms with van der Waals surface area (Å²) >= 11 is 0. The first-order valence-corrected chi connectivity index (χ1v) is 6.31. The van der Waals surface area contributed by atoms with E-state index in [0.717, 1.165) is 19.6 Å². The number of hydrogen-bond acceptors (Lipinski definition) is 4. The Labute approximate surface area is 108 Å². The Kier molecular flexibility index (Phi) is 4.20. The average Bonchev–Trinajstić information content (AvgIpc) is 2.40. The van der Waals surface area contributed by atoms with Crippen LogP contribution in [0, 0.1) is 6.92 Å². The molecule has 18 heavy (non-hydrogen) atoms. The van der Waals surface area contributed by atoms with E-state index < -0.39 is 0 Å². The molecule has 0 amide bonds. The summed E-state index contributed by atoms with van der Waals surface area (Å²) in [5, 5.41) is 3.35. The van der Waals surface area contributed by atoms with Crippen LogP contribution in [0.25, 0.3) is 0 Å². The highest BCUT2D eigenvalue weighted by atomic mass is 16.5. The summed E-state index contributed by atoms with van der Waals surface area (Å²) in [4.78, 5) is 13.6. The lowest BCUT2D eigenvalue weighted by Crippen LogP contribution is -2.51. The van der Waals surface area contributed by atoms with Crippen LogP contribution in [0.3, 0.4) is 0 Å². The number of ether oxygens (including phenoxy) is 1. The number of carbonyl (C=O) groups excluding carboxylic acids is 1. The van der Waals surface area contributed by atoms with Crippen LogP contribution in [-0.2, 0) is 9.53 Å². The molecule has 98 valence electrons. The lowest BCUT2D eigenvalue weighted by molar-refractivity contribution is -0.141. The molecule has 1 fully saturated rings. The van der Waals surface area contributed by atoms with Crippen LogP contribution in [-0.4, -0.2) is 38.8 Å². The predicted molar refractivity (Wildman–Crippen MR) is 71.8 cm³/mol. The third-order valence-corrected chi connectivity index (χ3v) is 3.30. The van der Waals surface area contributed by atoms with Gasteiger partial charge in [-0.15, -0.1) is 0 Å². The van der Waals surface area contributed by atoms with Gasteiger partial charge in [-0.05, 0) is 19.1 Å². The highest BCUT2D eigenvalue weighted by molar-refractivity contribution is 5.70. The van der Waals surface area contributed by atoms with E-state index in [0.29, 0.717) is 6.42 Å². The molecule has 0 saturated carbocycles. The van der Waals surface area contributed by atoms with Crippen LogP contribution in [0.15, 0.2) is 24.3 Å². The van der Waals surface area contributed by atoms with Crippen molar-refractivity contribution in [3.05, 3.63) is 29.8 Å². The number of aryl methyl sites for hydroxylation is 1. The number of benzene rings is 1. The van der Waals surface area contributed by atoms with Crippen LogP contribution in [0.2, 0.25) is 0 Å². The second-order valence-electron chi connectivity index (χ2n) is 4.71. The fourth-order valence-electron chi connectivity index (χ4n) is 2.24. The lowest BCUT2D eigenvalue weighted by Gasteiger charge is -2.35. The summed E-state index contributed by atoms with van der Waals surface area (Å²) in [6.45, 7) is 4.80. The highest BCUT2D eigenvalue weighted by Crippen LogP contribution is 2.17. The van der Waals surface area contributed by atoms with Crippen molar-refractivity contribution in [2.45, 2.75) is 19.4 Å². The molecule has 1 aromatic rings. The normalized spacial score (nSPS) is 19.7.